The van der Waals surface area contributed by atoms with Crippen LogP contribution in [0.3, 0.4) is 0 Å². The smallest absolute Gasteiger partial charge is 0.307 e. The van der Waals surface area contributed by atoms with Gasteiger partial charge >= 0.3 is 5.91 Å². The van der Waals surface area contributed by atoms with E-state index in [2.05, 4.69) is 10.3 Å². The Morgan fingerprint density at radius 1 is 1.85 bits per heavy atom. The first kappa shape index (κ1) is 8.25. The molecule has 1 saturated carbocycles. The first-order chi connectivity index (χ1) is 6.16. The van der Waals surface area contributed by atoms with E-state index in [4.69, 9.17) is 10.2 Å². The van der Waals surface area contributed by atoms with Gasteiger partial charge in [0.05, 0.1) is 6.20 Å². The summed E-state index contributed by atoms with van der Waals surface area (Å²) in [5, 5.41) is 2.71. The molecule has 3 N–H and O–H groups in total. The molecule has 0 radical (unpaired) electrons. The maximum absolute atomic E-state index is 11.3. The number of carbonyl (C=O) groups excluding carboxylic acids is 1. The van der Waals surface area contributed by atoms with Crippen molar-refractivity contribution in [1.29, 1.82) is 0 Å². The van der Waals surface area contributed by atoms with E-state index in [1.807, 2.05) is 0 Å². The zero-order valence-corrected chi connectivity index (χ0v) is 7.28. The lowest BCUT2D eigenvalue weighted by Crippen LogP contribution is -2.29. The van der Waals surface area contributed by atoms with E-state index in [0.717, 1.165) is 6.42 Å². The number of hydrogen-bond acceptors (Lipinski definition) is 4. The molecular formula is C8H11N3O2. The SMILES string of the molecule is Cc1cnc(C(=O)NC2CC2N)o1. The van der Waals surface area contributed by atoms with E-state index >= 15 is 0 Å². The molecule has 1 amide bonds. The van der Waals surface area contributed by atoms with E-state index in [1.54, 1.807) is 6.92 Å². The molecule has 70 valence electrons. The number of nitrogens with two attached hydrogens (primary N) is 1. The average molecular weight is 181 g/mol. The quantitative estimate of drug-likeness (QED) is 0.662. The minimum Gasteiger partial charge on any atom is -0.438 e. The molecule has 1 fully saturated rings. The van der Waals surface area contributed by atoms with Gasteiger partial charge < -0.3 is 15.5 Å². The van der Waals surface area contributed by atoms with Crippen molar-refractivity contribution in [3.05, 3.63) is 17.8 Å². The molecule has 5 nitrogen and oxygen atoms in total. The van der Waals surface area contributed by atoms with Crippen LogP contribution in [0.4, 0.5) is 0 Å². The Bertz CT molecular complexity index is 334. The third-order valence-electron chi connectivity index (χ3n) is 1.97. The molecule has 1 heterocycles. The van der Waals surface area contributed by atoms with Gasteiger partial charge in [-0.25, -0.2) is 4.98 Å². The third kappa shape index (κ3) is 1.70. The van der Waals surface area contributed by atoms with Crippen LogP contribution in [-0.2, 0) is 0 Å². The number of oxazole rings is 1. The largest absolute Gasteiger partial charge is 0.438 e. The number of rotatable bonds is 2. The van der Waals surface area contributed by atoms with E-state index < -0.39 is 0 Å². The highest BCUT2D eigenvalue weighted by atomic mass is 16.4. The number of aromatic nitrogens is 1. The lowest BCUT2D eigenvalue weighted by molar-refractivity contribution is 0.0914. The highest BCUT2D eigenvalue weighted by Gasteiger charge is 2.35. The number of nitrogens with zero attached hydrogens (tertiary/aromatic N) is 1. The minimum atomic E-state index is -0.286. The van der Waals surface area contributed by atoms with Gasteiger partial charge in [0.15, 0.2) is 0 Å². The minimum absolute atomic E-state index is 0.0970. The second-order valence-electron chi connectivity index (χ2n) is 3.26. The fourth-order valence-electron chi connectivity index (χ4n) is 1.07. The summed E-state index contributed by atoms with van der Waals surface area (Å²) in [6, 6.07) is 0.194. The zero-order valence-electron chi connectivity index (χ0n) is 7.28. The molecule has 0 aliphatic heterocycles. The lowest BCUT2D eigenvalue weighted by atomic mass is 10.5. The van der Waals surface area contributed by atoms with E-state index in [0.29, 0.717) is 5.76 Å². The van der Waals surface area contributed by atoms with E-state index in [-0.39, 0.29) is 23.9 Å². The van der Waals surface area contributed by atoms with Crippen molar-refractivity contribution in [3.8, 4) is 0 Å². The normalized spacial score (nSPS) is 25.7. The fourth-order valence-corrected chi connectivity index (χ4v) is 1.07. The molecule has 0 aromatic carbocycles. The van der Waals surface area contributed by atoms with Gasteiger partial charge in [0.25, 0.3) is 5.89 Å². The van der Waals surface area contributed by atoms with Crippen molar-refractivity contribution in [3.63, 3.8) is 0 Å². The van der Waals surface area contributed by atoms with Gasteiger partial charge in [0, 0.05) is 12.1 Å². The summed E-state index contributed by atoms with van der Waals surface area (Å²) >= 11 is 0. The number of aryl methyl sites for hydroxylation is 1. The van der Waals surface area contributed by atoms with Crippen LogP contribution in [-0.4, -0.2) is 23.0 Å². The standard InChI is InChI=1S/C8H11N3O2/c1-4-3-10-8(13-4)7(12)11-6-2-5(6)9/h3,5-6H,2,9H2,1H3,(H,11,12). The monoisotopic (exact) mass is 181 g/mol. The maximum atomic E-state index is 11.3. The summed E-state index contributed by atoms with van der Waals surface area (Å²) in [5.41, 5.74) is 5.53. The van der Waals surface area contributed by atoms with Gasteiger partial charge in [-0.3, -0.25) is 4.79 Å². The van der Waals surface area contributed by atoms with Crippen molar-refractivity contribution in [1.82, 2.24) is 10.3 Å². The maximum Gasteiger partial charge on any atom is 0.307 e. The summed E-state index contributed by atoms with van der Waals surface area (Å²) in [6.45, 7) is 1.74. The summed E-state index contributed by atoms with van der Waals surface area (Å²) in [6.07, 6.45) is 2.35. The summed E-state index contributed by atoms with van der Waals surface area (Å²) in [4.78, 5) is 15.1. The Hall–Kier alpha value is -1.36. The lowest BCUT2D eigenvalue weighted by Gasteiger charge is -1.97. The third-order valence-corrected chi connectivity index (χ3v) is 1.97. The van der Waals surface area contributed by atoms with Gasteiger partial charge in [-0.05, 0) is 13.3 Å². The van der Waals surface area contributed by atoms with Crippen LogP contribution < -0.4 is 11.1 Å². The van der Waals surface area contributed by atoms with Crippen molar-refractivity contribution in [2.75, 3.05) is 0 Å². The van der Waals surface area contributed by atoms with Crippen molar-refractivity contribution in [2.24, 2.45) is 5.73 Å². The number of nitrogens with one attached hydrogen (secondary N) is 1. The van der Waals surface area contributed by atoms with Crippen molar-refractivity contribution < 1.29 is 9.21 Å². The number of amides is 1. The summed E-state index contributed by atoms with van der Waals surface area (Å²) in [5.74, 6) is 0.452. The highest BCUT2D eigenvalue weighted by molar-refractivity contribution is 5.90. The van der Waals surface area contributed by atoms with Crippen molar-refractivity contribution >= 4 is 5.91 Å². The molecular weight excluding hydrogens is 170 g/mol. The van der Waals surface area contributed by atoms with Crippen LogP contribution in [0.5, 0.6) is 0 Å². The summed E-state index contributed by atoms with van der Waals surface area (Å²) < 4.78 is 5.05. The topological polar surface area (TPSA) is 81.2 Å². The molecule has 1 aromatic rings. The zero-order chi connectivity index (χ0) is 9.42. The van der Waals surface area contributed by atoms with Gasteiger partial charge in [-0.15, -0.1) is 0 Å². The van der Waals surface area contributed by atoms with Crippen LogP contribution >= 0.6 is 0 Å². The van der Waals surface area contributed by atoms with Gasteiger partial charge in [0.1, 0.15) is 5.76 Å². The van der Waals surface area contributed by atoms with Crippen LogP contribution in [0.25, 0.3) is 0 Å². The molecule has 2 rings (SSSR count). The Balaban J connectivity index is 1.97. The first-order valence-corrected chi connectivity index (χ1v) is 4.15. The van der Waals surface area contributed by atoms with E-state index in [1.165, 1.54) is 6.20 Å². The van der Waals surface area contributed by atoms with Crippen LogP contribution in [0.2, 0.25) is 0 Å². The van der Waals surface area contributed by atoms with Crippen LogP contribution in [0.15, 0.2) is 10.6 Å². The van der Waals surface area contributed by atoms with Gasteiger partial charge in [-0.2, -0.15) is 0 Å². The molecule has 5 heteroatoms. The van der Waals surface area contributed by atoms with E-state index in [9.17, 15) is 4.79 Å². The molecule has 0 bridgehead atoms. The Labute approximate surface area is 75.3 Å². The molecule has 13 heavy (non-hydrogen) atoms. The second kappa shape index (κ2) is 2.85. The molecule has 2 unspecified atom stereocenters. The predicted octanol–water partition coefficient (Wildman–Crippen LogP) is -0.188. The molecule has 1 aliphatic carbocycles. The highest BCUT2D eigenvalue weighted by Crippen LogP contribution is 2.18. The number of carbonyl (C=O) groups is 1. The second-order valence-corrected chi connectivity index (χ2v) is 3.26. The van der Waals surface area contributed by atoms with Gasteiger partial charge in [-0.1, -0.05) is 0 Å². The Morgan fingerprint density at radius 2 is 2.54 bits per heavy atom. The van der Waals surface area contributed by atoms with Crippen molar-refractivity contribution in [2.45, 2.75) is 25.4 Å². The molecule has 1 aliphatic rings. The first-order valence-electron chi connectivity index (χ1n) is 4.15. The fraction of sp³-hybridized carbons (Fsp3) is 0.500. The molecule has 1 aromatic heterocycles. The number of hydrogen-bond donors (Lipinski definition) is 2. The molecule has 2 atom stereocenters. The predicted molar refractivity (Wildman–Crippen MR) is 45.1 cm³/mol. The molecule has 0 spiro atoms. The van der Waals surface area contributed by atoms with Gasteiger partial charge in [0.2, 0.25) is 0 Å². The van der Waals surface area contributed by atoms with Crippen LogP contribution in [0.1, 0.15) is 22.9 Å². The van der Waals surface area contributed by atoms with Crippen LogP contribution in [0, 0.1) is 6.92 Å². The summed E-state index contributed by atoms with van der Waals surface area (Å²) in [7, 11) is 0. The molecule has 0 saturated heterocycles. The Kier molecular flexibility index (Phi) is 1.81. The Morgan fingerprint density at radius 3 is 3.00 bits per heavy atom. The average Bonchev–Trinajstić information content (AvgIpc) is 2.62.